The number of anilines is 1. The molecule has 0 unspecified atom stereocenters. The van der Waals surface area contributed by atoms with E-state index in [9.17, 15) is 0 Å². The van der Waals surface area contributed by atoms with E-state index in [0.29, 0.717) is 22.7 Å². The van der Waals surface area contributed by atoms with E-state index in [4.69, 9.17) is 22.1 Å². The number of halogens is 1. The van der Waals surface area contributed by atoms with E-state index < -0.39 is 0 Å². The van der Waals surface area contributed by atoms with Gasteiger partial charge in [0.2, 0.25) is 0 Å². The lowest BCUT2D eigenvalue weighted by molar-refractivity contribution is 0.415. The Labute approximate surface area is 99.5 Å². The molecule has 1 saturated carbocycles. The number of nitrogens with two attached hydrogens (primary N) is 1. The van der Waals surface area contributed by atoms with E-state index in [0.717, 1.165) is 18.6 Å². The SMILES string of the molecule is COc1ccc(Cl)c(NC(N)=NC2CC2)c1. The van der Waals surface area contributed by atoms with Crippen molar-refractivity contribution in [2.45, 2.75) is 18.9 Å². The average Bonchev–Trinajstić information content (AvgIpc) is 3.05. The third-order valence-electron chi connectivity index (χ3n) is 2.30. The standard InChI is InChI=1S/C11H14ClN3O/c1-16-8-4-5-9(12)10(6-8)15-11(13)14-7-2-3-7/h4-7H,2-3H2,1H3,(H3,13,14,15). The van der Waals surface area contributed by atoms with Crippen molar-refractivity contribution >= 4 is 23.2 Å². The molecule has 2 rings (SSSR count). The maximum Gasteiger partial charge on any atom is 0.193 e. The van der Waals surface area contributed by atoms with E-state index in [1.54, 1.807) is 25.3 Å². The molecule has 0 spiro atoms. The first-order chi connectivity index (χ1) is 7.69. The number of hydrogen-bond acceptors (Lipinski definition) is 2. The molecular formula is C11H14ClN3O. The summed E-state index contributed by atoms with van der Waals surface area (Å²) in [4.78, 5) is 4.26. The lowest BCUT2D eigenvalue weighted by atomic mass is 10.3. The number of methoxy groups -OCH3 is 1. The van der Waals surface area contributed by atoms with E-state index in [2.05, 4.69) is 10.3 Å². The minimum Gasteiger partial charge on any atom is -0.497 e. The maximum atomic E-state index is 6.02. The summed E-state index contributed by atoms with van der Waals surface area (Å²) in [5.41, 5.74) is 6.46. The van der Waals surface area contributed by atoms with Gasteiger partial charge in [-0.25, -0.2) is 4.99 Å². The summed E-state index contributed by atoms with van der Waals surface area (Å²) in [7, 11) is 1.61. The van der Waals surface area contributed by atoms with Gasteiger partial charge in [-0.2, -0.15) is 0 Å². The fourth-order valence-corrected chi connectivity index (χ4v) is 1.46. The monoisotopic (exact) mass is 239 g/mol. The first kappa shape index (κ1) is 11.1. The van der Waals surface area contributed by atoms with Crippen LogP contribution in [0.2, 0.25) is 5.02 Å². The number of rotatable bonds is 3. The summed E-state index contributed by atoms with van der Waals surface area (Å²) in [6, 6.07) is 5.73. The minimum absolute atomic E-state index is 0.386. The lowest BCUT2D eigenvalue weighted by Crippen LogP contribution is -2.23. The Morgan fingerprint density at radius 1 is 1.56 bits per heavy atom. The van der Waals surface area contributed by atoms with Crippen molar-refractivity contribution in [3.8, 4) is 5.75 Å². The fraction of sp³-hybridized carbons (Fsp3) is 0.364. The van der Waals surface area contributed by atoms with Gasteiger partial charge in [-0.15, -0.1) is 0 Å². The third kappa shape index (κ3) is 2.79. The Bertz CT molecular complexity index is 416. The Kier molecular flexibility index (Phi) is 3.19. The van der Waals surface area contributed by atoms with Gasteiger partial charge < -0.3 is 15.8 Å². The second kappa shape index (κ2) is 4.61. The minimum atomic E-state index is 0.386. The van der Waals surface area contributed by atoms with Crippen molar-refractivity contribution in [3.05, 3.63) is 23.2 Å². The van der Waals surface area contributed by atoms with Crippen molar-refractivity contribution in [2.75, 3.05) is 12.4 Å². The molecule has 0 saturated heterocycles. The zero-order valence-electron chi connectivity index (χ0n) is 9.03. The second-order valence-corrected chi connectivity index (χ2v) is 4.12. The van der Waals surface area contributed by atoms with Crippen molar-refractivity contribution in [2.24, 2.45) is 10.7 Å². The molecule has 0 amide bonds. The van der Waals surface area contributed by atoms with Crippen LogP contribution in [0.15, 0.2) is 23.2 Å². The van der Waals surface area contributed by atoms with Crippen LogP contribution in [0, 0.1) is 0 Å². The molecule has 0 aromatic heterocycles. The van der Waals surface area contributed by atoms with Gasteiger partial charge in [-0.1, -0.05) is 11.6 Å². The summed E-state index contributed by atoms with van der Waals surface area (Å²) < 4.78 is 5.11. The molecule has 1 aromatic carbocycles. The van der Waals surface area contributed by atoms with Crippen LogP contribution in [0.1, 0.15) is 12.8 Å². The van der Waals surface area contributed by atoms with Gasteiger partial charge in [0.25, 0.3) is 0 Å². The zero-order chi connectivity index (χ0) is 11.5. The normalized spacial score (nSPS) is 16.0. The van der Waals surface area contributed by atoms with Crippen LogP contribution in [0.3, 0.4) is 0 Å². The topological polar surface area (TPSA) is 59.6 Å². The first-order valence-electron chi connectivity index (χ1n) is 5.13. The Morgan fingerprint density at radius 3 is 2.94 bits per heavy atom. The Hall–Kier alpha value is -1.42. The van der Waals surface area contributed by atoms with Gasteiger partial charge >= 0.3 is 0 Å². The average molecular weight is 240 g/mol. The first-order valence-corrected chi connectivity index (χ1v) is 5.50. The molecule has 0 atom stereocenters. The number of ether oxygens (including phenoxy) is 1. The molecule has 4 nitrogen and oxygen atoms in total. The maximum absolute atomic E-state index is 6.02. The highest BCUT2D eigenvalue weighted by Gasteiger charge is 2.20. The van der Waals surface area contributed by atoms with E-state index in [-0.39, 0.29) is 0 Å². The van der Waals surface area contributed by atoms with Crippen LogP contribution >= 0.6 is 11.6 Å². The molecule has 16 heavy (non-hydrogen) atoms. The largest absolute Gasteiger partial charge is 0.497 e. The Morgan fingerprint density at radius 2 is 2.31 bits per heavy atom. The number of benzene rings is 1. The highest BCUT2D eigenvalue weighted by Crippen LogP contribution is 2.27. The number of aliphatic imine (C=N–C) groups is 1. The van der Waals surface area contributed by atoms with Crippen LogP contribution in [0.4, 0.5) is 5.69 Å². The molecule has 0 radical (unpaired) electrons. The number of hydrogen-bond donors (Lipinski definition) is 2. The van der Waals surface area contributed by atoms with Crippen molar-refractivity contribution < 1.29 is 4.74 Å². The van der Waals surface area contributed by atoms with Gasteiger partial charge in [0.05, 0.1) is 23.9 Å². The van der Waals surface area contributed by atoms with Crippen LogP contribution in [-0.2, 0) is 0 Å². The third-order valence-corrected chi connectivity index (χ3v) is 2.63. The molecular weight excluding hydrogens is 226 g/mol. The molecule has 0 bridgehead atoms. The van der Waals surface area contributed by atoms with Crippen molar-refractivity contribution in [1.29, 1.82) is 0 Å². The van der Waals surface area contributed by atoms with Crippen LogP contribution < -0.4 is 15.8 Å². The number of nitrogens with zero attached hydrogens (tertiary/aromatic N) is 1. The molecule has 1 aliphatic rings. The van der Waals surface area contributed by atoms with Crippen LogP contribution in [0.5, 0.6) is 5.75 Å². The van der Waals surface area contributed by atoms with Gasteiger partial charge in [0.15, 0.2) is 5.96 Å². The van der Waals surface area contributed by atoms with E-state index in [1.165, 1.54) is 0 Å². The van der Waals surface area contributed by atoms with Crippen molar-refractivity contribution in [3.63, 3.8) is 0 Å². The molecule has 86 valence electrons. The highest BCUT2D eigenvalue weighted by molar-refractivity contribution is 6.33. The van der Waals surface area contributed by atoms with E-state index >= 15 is 0 Å². The molecule has 1 aromatic rings. The summed E-state index contributed by atoms with van der Waals surface area (Å²) in [5, 5.41) is 3.56. The van der Waals surface area contributed by atoms with Gasteiger partial charge in [0.1, 0.15) is 5.75 Å². The van der Waals surface area contributed by atoms with E-state index in [1.807, 2.05) is 0 Å². The summed E-state index contributed by atoms with van der Waals surface area (Å²) >= 11 is 6.02. The molecule has 3 N–H and O–H groups in total. The highest BCUT2D eigenvalue weighted by atomic mass is 35.5. The Balaban J connectivity index is 2.12. The van der Waals surface area contributed by atoms with Crippen LogP contribution in [-0.4, -0.2) is 19.1 Å². The summed E-state index contributed by atoms with van der Waals surface area (Å²) in [6.45, 7) is 0. The summed E-state index contributed by atoms with van der Waals surface area (Å²) in [6.07, 6.45) is 2.24. The predicted octanol–water partition coefficient (Wildman–Crippen LogP) is 2.24. The van der Waals surface area contributed by atoms with Gasteiger partial charge in [-0.3, -0.25) is 0 Å². The lowest BCUT2D eigenvalue weighted by Gasteiger charge is -2.09. The zero-order valence-corrected chi connectivity index (χ0v) is 9.79. The molecule has 1 fully saturated rings. The molecule has 0 heterocycles. The van der Waals surface area contributed by atoms with Crippen molar-refractivity contribution in [1.82, 2.24) is 0 Å². The predicted molar refractivity (Wildman–Crippen MR) is 66.3 cm³/mol. The number of nitrogens with one attached hydrogen (secondary N) is 1. The summed E-state index contributed by atoms with van der Waals surface area (Å²) in [5.74, 6) is 1.13. The molecule has 0 aliphatic heterocycles. The molecule has 5 heteroatoms. The van der Waals surface area contributed by atoms with Gasteiger partial charge in [0, 0.05) is 6.07 Å². The smallest absolute Gasteiger partial charge is 0.193 e. The molecule has 1 aliphatic carbocycles. The second-order valence-electron chi connectivity index (χ2n) is 3.72. The quantitative estimate of drug-likeness (QED) is 0.628. The number of guanidine groups is 1. The van der Waals surface area contributed by atoms with Gasteiger partial charge in [-0.05, 0) is 25.0 Å². The van der Waals surface area contributed by atoms with Crippen LogP contribution in [0.25, 0.3) is 0 Å². The fourth-order valence-electron chi connectivity index (χ4n) is 1.30.